The van der Waals surface area contributed by atoms with Crippen molar-refractivity contribution in [1.29, 1.82) is 0 Å². The van der Waals surface area contributed by atoms with Crippen molar-refractivity contribution in [2.24, 2.45) is 0 Å². The molecule has 0 bridgehead atoms. The van der Waals surface area contributed by atoms with Gasteiger partial charge < -0.3 is 5.32 Å². The van der Waals surface area contributed by atoms with Crippen LogP contribution in [0.3, 0.4) is 0 Å². The van der Waals surface area contributed by atoms with Crippen LogP contribution >= 0.6 is 15.9 Å². The summed E-state index contributed by atoms with van der Waals surface area (Å²) < 4.78 is 27.7. The standard InChI is InChI=1S/C18H23BrN2O3S/c1-15(19)14-20-18(22)11-8-16-6-9-17(10-7-16)25(23,24)21-12-4-2-3-5-13-21/h6-11H,1-5,12-14H2,(H,20,22). The van der Waals surface area contributed by atoms with E-state index >= 15 is 0 Å². The summed E-state index contributed by atoms with van der Waals surface area (Å²) in [4.78, 5) is 11.9. The fourth-order valence-corrected chi connectivity index (χ4v) is 4.25. The zero-order valence-electron chi connectivity index (χ0n) is 14.1. The van der Waals surface area contributed by atoms with Crippen LogP contribution in [-0.2, 0) is 14.8 Å². The zero-order chi connectivity index (χ0) is 18.3. The van der Waals surface area contributed by atoms with Crippen molar-refractivity contribution < 1.29 is 13.2 Å². The van der Waals surface area contributed by atoms with Crippen molar-refractivity contribution in [1.82, 2.24) is 9.62 Å². The third kappa shape index (κ3) is 6.09. The first-order valence-corrected chi connectivity index (χ1v) is 10.5. The van der Waals surface area contributed by atoms with Crippen LogP contribution in [0, 0.1) is 0 Å². The van der Waals surface area contributed by atoms with Gasteiger partial charge in [0.2, 0.25) is 15.9 Å². The summed E-state index contributed by atoms with van der Waals surface area (Å²) in [6.45, 7) is 5.17. The molecule has 5 nitrogen and oxygen atoms in total. The molecule has 1 N–H and O–H groups in total. The molecule has 0 spiro atoms. The Hall–Kier alpha value is -1.44. The average Bonchev–Trinajstić information content (AvgIpc) is 2.88. The van der Waals surface area contributed by atoms with E-state index in [9.17, 15) is 13.2 Å². The average molecular weight is 427 g/mol. The van der Waals surface area contributed by atoms with Crippen LogP contribution < -0.4 is 5.32 Å². The van der Waals surface area contributed by atoms with Crippen LogP contribution in [0.15, 0.2) is 46.3 Å². The normalized spacial score (nSPS) is 16.5. The second-order valence-corrected chi connectivity index (χ2v) is 9.02. The molecule has 0 unspecified atom stereocenters. The number of nitrogens with zero attached hydrogens (tertiary/aromatic N) is 1. The number of nitrogens with one attached hydrogen (secondary N) is 1. The van der Waals surface area contributed by atoms with E-state index in [4.69, 9.17) is 0 Å². The van der Waals surface area contributed by atoms with Gasteiger partial charge >= 0.3 is 0 Å². The maximum Gasteiger partial charge on any atom is 0.244 e. The fourth-order valence-electron chi connectivity index (χ4n) is 2.60. The highest BCUT2D eigenvalue weighted by Crippen LogP contribution is 2.20. The van der Waals surface area contributed by atoms with Gasteiger partial charge in [0, 0.05) is 30.2 Å². The van der Waals surface area contributed by atoms with Gasteiger partial charge in [-0.1, -0.05) is 47.5 Å². The quantitative estimate of drug-likeness (QED) is 0.709. The van der Waals surface area contributed by atoms with Crippen molar-refractivity contribution in [3.8, 4) is 0 Å². The van der Waals surface area contributed by atoms with E-state index in [0.29, 0.717) is 29.0 Å². The van der Waals surface area contributed by atoms with Gasteiger partial charge in [0.05, 0.1) is 4.90 Å². The highest BCUT2D eigenvalue weighted by molar-refractivity contribution is 9.11. The minimum atomic E-state index is -3.44. The summed E-state index contributed by atoms with van der Waals surface area (Å²) in [5, 5.41) is 2.66. The molecule has 0 radical (unpaired) electrons. The summed E-state index contributed by atoms with van der Waals surface area (Å²) in [6, 6.07) is 6.60. The Labute approximate surface area is 158 Å². The predicted molar refractivity (Wildman–Crippen MR) is 104 cm³/mol. The number of carbonyl (C=O) groups excluding carboxylic acids is 1. The molecule has 1 fully saturated rings. The fraction of sp³-hybridized carbons (Fsp3) is 0.389. The number of rotatable bonds is 6. The number of hydrogen-bond acceptors (Lipinski definition) is 3. The van der Waals surface area contributed by atoms with Crippen molar-refractivity contribution in [3.05, 3.63) is 47.0 Å². The minimum absolute atomic E-state index is 0.234. The number of carbonyl (C=O) groups is 1. The molecule has 1 aliphatic heterocycles. The van der Waals surface area contributed by atoms with Crippen molar-refractivity contribution in [2.75, 3.05) is 19.6 Å². The van der Waals surface area contributed by atoms with Gasteiger partial charge in [0.25, 0.3) is 0 Å². The molecule has 2 rings (SSSR count). The highest BCUT2D eigenvalue weighted by Gasteiger charge is 2.24. The maximum absolute atomic E-state index is 12.7. The number of halogens is 1. The summed E-state index contributed by atoms with van der Waals surface area (Å²) in [5.41, 5.74) is 0.766. The van der Waals surface area contributed by atoms with Crippen LogP contribution in [0.25, 0.3) is 6.08 Å². The second kappa shape index (κ2) is 9.31. The zero-order valence-corrected chi connectivity index (χ0v) is 16.5. The van der Waals surface area contributed by atoms with Crippen LogP contribution in [0.2, 0.25) is 0 Å². The first-order valence-electron chi connectivity index (χ1n) is 8.29. The van der Waals surface area contributed by atoms with Crippen molar-refractivity contribution in [2.45, 2.75) is 30.6 Å². The lowest BCUT2D eigenvalue weighted by Crippen LogP contribution is -2.31. The van der Waals surface area contributed by atoms with Crippen LogP contribution in [0.5, 0.6) is 0 Å². The predicted octanol–water partition coefficient (Wildman–Crippen LogP) is 3.29. The molecule has 1 aromatic rings. The Kier molecular flexibility index (Phi) is 7.40. The molecule has 25 heavy (non-hydrogen) atoms. The third-order valence-corrected chi connectivity index (χ3v) is 6.16. The van der Waals surface area contributed by atoms with Gasteiger partial charge in [-0.15, -0.1) is 0 Å². The molecule has 1 saturated heterocycles. The monoisotopic (exact) mass is 426 g/mol. The Balaban J connectivity index is 2.03. The first-order chi connectivity index (χ1) is 11.9. The molecule has 0 saturated carbocycles. The number of hydrogen-bond donors (Lipinski definition) is 1. The Morgan fingerprint density at radius 3 is 2.32 bits per heavy atom. The lowest BCUT2D eigenvalue weighted by Gasteiger charge is -2.19. The molecule has 1 aliphatic rings. The molecule has 0 atom stereocenters. The van der Waals surface area contributed by atoms with Crippen LogP contribution in [0.4, 0.5) is 0 Å². The van der Waals surface area contributed by atoms with E-state index in [0.717, 1.165) is 31.2 Å². The van der Waals surface area contributed by atoms with E-state index in [2.05, 4.69) is 27.8 Å². The minimum Gasteiger partial charge on any atom is -0.348 e. The smallest absolute Gasteiger partial charge is 0.244 e. The topological polar surface area (TPSA) is 66.5 Å². The molecule has 0 aromatic heterocycles. The Morgan fingerprint density at radius 1 is 1.16 bits per heavy atom. The maximum atomic E-state index is 12.7. The summed E-state index contributed by atoms with van der Waals surface area (Å²) in [6.07, 6.45) is 7.05. The molecule has 1 heterocycles. The lowest BCUT2D eigenvalue weighted by atomic mass is 10.2. The van der Waals surface area contributed by atoms with Crippen LogP contribution in [-0.4, -0.2) is 38.3 Å². The molecule has 1 amide bonds. The van der Waals surface area contributed by atoms with Crippen molar-refractivity contribution >= 4 is 37.9 Å². The molecular formula is C18H23BrN2O3S. The van der Waals surface area contributed by atoms with Gasteiger partial charge in [-0.3, -0.25) is 4.79 Å². The first kappa shape index (κ1) is 19.9. The Morgan fingerprint density at radius 2 is 1.76 bits per heavy atom. The van der Waals surface area contributed by atoms with E-state index in [1.54, 1.807) is 34.6 Å². The second-order valence-electron chi connectivity index (χ2n) is 5.96. The summed E-state index contributed by atoms with van der Waals surface area (Å²) >= 11 is 3.17. The Bertz CT molecular complexity index is 734. The van der Waals surface area contributed by atoms with Gasteiger partial charge in [-0.2, -0.15) is 4.31 Å². The number of benzene rings is 1. The van der Waals surface area contributed by atoms with E-state index in [1.165, 1.54) is 6.08 Å². The molecule has 0 aliphatic carbocycles. The highest BCUT2D eigenvalue weighted by atomic mass is 79.9. The third-order valence-electron chi connectivity index (χ3n) is 3.96. The molecule has 1 aromatic carbocycles. The van der Waals surface area contributed by atoms with E-state index in [-0.39, 0.29) is 5.91 Å². The molecule has 136 valence electrons. The molecular weight excluding hydrogens is 404 g/mol. The van der Waals surface area contributed by atoms with Gasteiger partial charge in [-0.25, -0.2) is 8.42 Å². The number of sulfonamides is 1. The SMILES string of the molecule is C=C(Br)CNC(=O)C=Cc1ccc(S(=O)(=O)N2CCCCCC2)cc1. The largest absolute Gasteiger partial charge is 0.348 e. The van der Waals surface area contributed by atoms with Gasteiger partial charge in [-0.05, 0) is 36.6 Å². The number of amides is 1. The lowest BCUT2D eigenvalue weighted by molar-refractivity contribution is -0.116. The molecule has 7 heteroatoms. The van der Waals surface area contributed by atoms with E-state index in [1.807, 2.05) is 0 Å². The summed E-state index contributed by atoms with van der Waals surface area (Å²) in [5.74, 6) is -0.234. The van der Waals surface area contributed by atoms with Crippen LogP contribution in [0.1, 0.15) is 31.2 Å². The summed E-state index contributed by atoms with van der Waals surface area (Å²) in [7, 11) is -3.44. The van der Waals surface area contributed by atoms with Gasteiger partial charge in [0.1, 0.15) is 0 Å². The van der Waals surface area contributed by atoms with Crippen molar-refractivity contribution in [3.63, 3.8) is 0 Å². The van der Waals surface area contributed by atoms with E-state index < -0.39 is 10.0 Å². The van der Waals surface area contributed by atoms with Gasteiger partial charge in [0.15, 0.2) is 0 Å².